The molecule has 4 nitrogen and oxygen atoms in total. The second-order valence-corrected chi connectivity index (χ2v) is 6.92. The second kappa shape index (κ2) is 6.50. The molecular formula is C14H22N2O2S. The molecule has 1 atom stereocenters. The summed E-state index contributed by atoms with van der Waals surface area (Å²) in [6, 6.07) is 10.6. The standard InChI is InChI=1S/C14H22N2O2S/c1-2-16-19(17,18)11-10-15-14(13-8-9-13)12-6-4-3-5-7-12/h3-7,13-16H,2,8-11H2,1H3. The summed E-state index contributed by atoms with van der Waals surface area (Å²) in [5.74, 6) is 0.793. The SMILES string of the molecule is CCNS(=O)(=O)CCNC(c1ccccc1)C1CC1. The van der Waals surface area contributed by atoms with Gasteiger partial charge in [0.25, 0.3) is 0 Å². The highest BCUT2D eigenvalue weighted by molar-refractivity contribution is 7.89. The molecule has 1 fully saturated rings. The molecule has 0 spiro atoms. The van der Waals surface area contributed by atoms with Gasteiger partial charge in [-0.25, -0.2) is 13.1 Å². The van der Waals surface area contributed by atoms with Gasteiger partial charge in [0.2, 0.25) is 10.0 Å². The van der Waals surface area contributed by atoms with E-state index in [-0.39, 0.29) is 11.8 Å². The first kappa shape index (κ1) is 14.5. The Hall–Kier alpha value is -0.910. The van der Waals surface area contributed by atoms with Gasteiger partial charge in [-0.3, -0.25) is 0 Å². The second-order valence-electron chi connectivity index (χ2n) is 5.00. The fourth-order valence-electron chi connectivity index (χ4n) is 2.29. The van der Waals surface area contributed by atoms with E-state index in [4.69, 9.17) is 0 Å². The molecular weight excluding hydrogens is 260 g/mol. The van der Waals surface area contributed by atoms with Crippen molar-refractivity contribution in [3.63, 3.8) is 0 Å². The smallest absolute Gasteiger partial charge is 0.212 e. The molecule has 0 heterocycles. The first-order valence-corrected chi connectivity index (χ1v) is 8.53. The highest BCUT2D eigenvalue weighted by Gasteiger charge is 2.31. The van der Waals surface area contributed by atoms with Crippen molar-refractivity contribution < 1.29 is 8.42 Å². The Labute approximate surface area is 115 Å². The third-order valence-corrected chi connectivity index (χ3v) is 4.82. The molecule has 2 rings (SSSR count). The molecule has 0 aromatic heterocycles. The molecule has 1 aromatic carbocycles. The quantitative estimate of drug-likeness (QED) is 0.762. The molecule has 5 heteroatoms. The van der Waals surface area contributed by atoms with E-state index in [9.17, 15) is 8.42 Å². The van der Waals surface area contributed by atoms with E-state index in [2.05, 4.69) is 22.2 Å². The van der Waals surface area contributed by atoms with E-state index in [1.807, 2.05) is 18.2 Å². The predicted molar refractivity (Wildman–Crippen MR) is 77.4 cm³/mol. The predicted octanol–water partition coefficient (Wildman–Crippen LogP) is 1.67. The van der Waals surface area contributed by atoms with Crippen molar-refractivity contribution >= 4 is 10.0 Å². The summed E-state index contributed by atoms with van der Waals surface area (Å²) in [6.45, 7) is 2.74. The highest BCUT2D eigenvalue weighted by atomic mass is 32.2. The normalized spacial score (nSPS) is 17.3. The lowest BCUT2D eigenvalue weighted by Gasteiger charge is -2.18. The van der Waals surface area contributed by atoms with Gasteiger partial charge in [-0.15, -0.1) is 0 Å². The van der Waals surface area contributed by atoms with Crippen LogP contribution >= 0.6 is 0 Å². The van der Waals surface area contributed by atoms with Crippen LogP contribution in [0.25, 0.3) is 0 Å². The molecule has 19 heavy (non-hydrogen) atoms. The summed E-state index contributed by atoms with van der Waals surface area (Å²) in [6.07, 6.45) is 2.46. The van der Waals surface area contributed by atoms with Crippen molar-refractivity contribution in [2.75, 3.05) is 18.8 Å². The number of benzene rings is 1. The van der Waals surface area contributed by atoms with Crippen LogP contribution in [0.4, 0.5) is 0 Å². The van der Waals surface area contributed by atoms with Crippen molar-refractivity contribution in [2.45, 2.75) is 25.8 Å². The molecule has 0 saturated heterocycles. The fourth-order valence-corrected chi connectivity index (χ4v) is 3.26. The number of sulfonamides is 1. The van der Waals surface area contributed by atoms with Crippen molar-refractivity contribution in [2.24, 2.45) is 5.92 Å². The number of hydrogen-bond donors (Lipinski definition) is 2. The average molecular weight is 282 g/mol. The van der Waals surface area contributed by atoms with Crippen molar-refractivity contribution in [3.05, 3.63) is 35.9 Å². The topological polar surface area (TPSA) is 58.2 Å². The molecule has 0 aliphatic heterocycles. The van der Waals surface area contributed by atoms with E-state index in [0.29, 0.717) is 19.0 Å². The lowest BCUT2D eigenvalue weighted by atomic mass is 10.0. The number of rotatable bonds is 8. The van der Waals surface area contributed by atoms with Gasteiger partial charge >= 0.3 is 0 Å². The third-order valence-electron chi connectivity index (χ3n) is 3.35. The molecule has 0 radical (unpaired) electrons. The van der Waals surface area contributed by atoms with Gasteiger partial charge in [0.15, 0.2) is 0 Å². The number of nitrogens with one attached hydrogen (secondary N) is 2. The van der Waals surface area contributed by atoms with Crippen molar-refractivity contribution in [1.82, 2.24) is 10.0 Å². The lowest BCUT2D eigenvalue weighted by Crippen LogP contribution is -2.33. The van der Waals surface area contributed by atoms with Gasteiger partial charge in [-0.05, 0) is 24.3 Å². The molecule has 1 unspecified atom stereocenters. The lowest BCUT2D eigenvalue weighted by molar-refractivity contribution is 0.493. The molecule has 0 bridgehead atoms. The minimum absolute atomic E-state index is 0.136. The van der Waals surface area contributed by atoms with Gasteiger partial charge in [-0.1, -0.05) is 37.3 Å². The Morgan fingerprint density at radius 1 is 1.26 bits per heavy atom. The van der Waals surface area contributed by atoms with E-state index in [1.54, 1.807) is 6.92 Å². The first-order valence-electron chi connectivity index (χ1n) is 6.88. The van der Waals surface area contributed by atoms with Crippen LogP contribution in [0.3, 0.4) is 0 Å². The largest absolute Gasteiger partial charge is 0.309 e. The Bertz CT molecular complexity index is 483. The highest BCUT2D eigenvalue weighted by Crippen LogP contribution is 2.40. The zero-order chi connectivity index (χ0) is 13.7. The van der Waals surface area contributed by atoms with Crippen molar-refractivity contribution in [3.8, 4) is 0 Å². The molecule has 1 aromatic rings. The first-order chi connectivity index (χ1) is 9.12. The summed E-state index contributed by atoms with van der Waals surface area (Å²) < 4.78 is 25.7. The maximum absolute atomic E-state index is 11.6. The Morgan fingerprint density at radius 3 is 2.53 bits per heavy atom. The summed E-state index contributed by atoms with van der Waals surface area (Å²) in [5, 5.41) is 3.39. The monoisotopic (exact) mass is 282 g/mol. The minimum atomic E-state index is -3.13. The summed E-state index contributed by atoms with van der Waals surface area (Å²) in [5.41, 5.74) is 1.26. The number of hydrogen-bond acceptors (Lipinski definition) is 3. The molecule has 2 N–H and O–H groups in total. The van der Waals surface area contributed by atoms with Crippen LogP contribution in [0.2, 0.25) is 0 Å². The third kappa shape index (κ3) is 4.60. The van der Waals surface area contributed by atoms with Gasteiger partial charge in [-0.2, -0.15) is 0 Å². The minimum Gasteiger partial charge on any atom is -0.309 e. The molecule has 1 aliphatic rings. The van der Waals surface area contributed by atoms with Crippen LogP contribution in [0.5, 0.6) is 0 Å². The van der Waals surface area contributed by atoms with Crippen molar-refractivity contribution in [1.29, 1.82) is 0 Å². The molecule has 1 saturated carbocycles. The maximum atomic E-state index is 11.6. The van der Waals surface area contributed by atoms with E-state index < -0.39 is 10.0 Å². The summed E-state index contributed by atoms with van der Waals surface area (Å²) in [7, 11) is -3.13. The fraction of sp³-hybridized carbons (Fsp3) is 0.571. The van der Waals surface area contributed by atoms with Crippen LogP contribution in [0.1, 0.15) is 31.4 Å². The van der Waals surface area contributed by atoms with Gasteiger partial charge in [0.1, 0.15) is 0 Å². The molecule has 106 valence electrons. The van der Waals surface area contributed by atoms with Gasteiger partial charge < -0.3 is 5.32 Å². The van der Waals surface area contributed by atoms with Crippen LogP contribution < -0.4 is 10.0 Å². The van der Waals surface area contributed by atoms with Crippen LogP contribution in [0.15, 0.2) is 30.3 Å². The van der Waals surface area contributed by atoms with E-state index >= 15 is 0 Å². The summed E-state index contributed by atoms with van der Waals surface area (Å²) in [4.78, 5) is 0. The Kier molecular flexibility index (Phi) is 4.96. The average Bonchev–Trinajstić information content (AvgIpc) is 3.20. The maximum Gasteiger partial charge on any atom is 0.212 e. The summed E-state index contributed by atoms with van der Waals surface area (Å²) >= 11 is 0. The van der Waals surface area contributed by atoms with Crippen LogP contribution in [0, 0.1) is 5.92 Å². The molecule has 1 aliphatic carbocycles. The zero-order valence-electron chi connectivity index (χ0n) is 11.3. The Morgan fingerprint density at radius 2 is 1.95 bits per heavy atom. The van der Waals surface area contributed by atoms with E-state index in [1.165, 1.54) is 18.4 Å². The van der Waals surface area contributed by atoms with E-state index in [0.717, 1.165) is 0 Å². The van der Waals surface area contributed by atoms with Crippen LogP contribution in [-0.4, -0.2) is 27.3 Å². The Balaban J connectivity index is 1.89. The molecule has 0 amide bonds. The van der Waals surface area contributed by atoms with Gasteiger partial charge in [0.05, 0.1) is 5.75 Å². The van der Waals surface area contributed by atoms with Gasteiger partial charge in [0, 0.05) is 19.1 Å². The van der Waals surface area contributed by atoms with Crippen LogP contribution in [-0.2, 0) is 10.0 Å². The zero-order valence-corrected chi connectivity index (χ0v) is 12.1.